The molecule has 0 aliphatic heterocycles. The molecule has 0 aliphatic carbocycles. The number of carbonyl (C=O) groups excluding carboxylic acids is 2. The van der Waals surface area contributed by atoms with E-state index < -0.39 is 5.97 Å². The van der Waals surface area contributed by atoms with Gasteiger partial charge in [0.05, 0.1) is 17.1 Å². The van der Waals surface area contributed by atoms with Gasteiger partial charge >= 0.3 is 5.97 Å². The third kappa shape index (κ3) is 5.82. The summed E-state index contributed by atoms with van der Waals surface area (Å²) in [5, 5.41) is 7.93. The Bertz CT molecular complexity index is 1060. The maximum Gasteiger partial charge on any atom is 0.365 e. The highest BCUT2D eigenvalue weighted by Crippen LogP contribution is 2.18. The average Bonchev–Trinajstić information content (AvgIpc) is 3.02. The molecule has 0 aliphatic rings. The van der Waals surface area contributed by atoms with Crippen molar-refractivity contribution >= 4 is 34.0 Å². The zero-order chi connectivity index (χ0) is 20.8. The molecule has 148 valence electrons. The Labute approximate surface area is 174 Å². The van der Waals surface area contributed by atoms with Crippen molar-refractivity contribution in [2.45, 2.75) is 6.42 Å². The van der Waals surface area contributed by atoms with Crippen LogP contribution in [0.3, 0.4) is 0 Å². The molecule has 0 bridgehead atoms. The van der Waals surface area contributed by atoms with Crippen LogP contribution in [0.25, 0.3) is 0 Å². The van der Waals surface area contributed by atoms with Gasteiger partial charge in [0.15, 0.2) is 5.69 Å². The highest BCUT2D eigenvalue weighted by atomic mass is 79.9. The van der Waals surface area contributed by atoms with E-state index in [9.17, 15) is 14.0 Å². The number of ether oxygens (including phenoxy) is 1. The van der Waals surface area contributed by atoms with Gasteiger partial charge in [-0.2, -0.15) is 10.2 Å². The summed E-state index contributed by atoms with van der Waals surface area (Å²) in [4.78, 5) is 24.1. The highest BCUT2D eigenvalue weighted by molar-refractivity contribution is 9.10. The van der Waals surface area contributed by atoms with Gasteiger partial charge in [-0.15, -0.1) is 0 Å². The molecule has 0 unspecified atom stereocenters. The van der Waals surface area contributed by atoms with E-state index >= 15 is 0 Å². The van der Waals surface area contributed by atoms with Crippen LogP contribution in [0.1, 0.15) is 21.6 Å². The van der Waals surface area contributed by atoms with E-state index in [0.29, 0.717) is 21.3 Å². The third-order valence-electron chi connectivity index (χ3n) is 3.73. The van der Waals surface area contributed by atoms with Crippen LogP contribution in [0.4, 0.5) is 4.39 Å². The number of rotatable bonds is 6. The molecule has 29 heavy (non-hydrogen) atoms. The van der Waals surface area contributed by atoms with E-state index in [4.69, 9.17) is 4.74 Å². The van der Waals surface area contributed by atoms with E-state index in [1.54, 1.807) is 37.5 Å². The Morgan fingerprint density at radius 3 is 2.72 bits per heavy atom. The van der Waals surface area contributed by atoms with E-state index in [2.05, 4.69) is 31.6 Å². The second kappa shape index (κ2) is 9.24. The maximum absolute atomic E-state index is 12.9. The molecular formula is C20H16BrFN4O3. The van der Waals surface area contributed by atoms with Gasteiger partial charge in [0.2, 0.25) is 5.91 Å². The molecule has 0 saturated carbocycles. The third-order valence-corrected chi connectivity index (χ3v) is 4.31. The Balaban J connectivity index is 1.57. The number of nitrogens with one attached hydrogen (secondary N) is 1. The first-order chi connectivity index (χ1) is 13.9. The minimum absolute atomic E-state index is 0.0776. The fraction of sp³-hybridized carbons (Fsp3) is 0.100. The van der Waals surface area contributed by atoms with Crippen LogP contribution in [-0.2, 0) is 18.3 Å². The van der Waals surface area contributed by atoms with Gasteiger partial charge in [0.25, 0.3) is 0 Å². The predicted octanol–water partition coefficient (Wildman–Crippen LogP) is 3.23. The lowest BCUT2D eigenvalue weighted by Crippen LogP contribution is -2.19. The summed E-state index contributed by atoms with van der Waals surface area (Å²) in [5.74, 6) is -0.980. The first-order valence-corrected chi connectivity index (χ1v) is 9.28. The lowest BCUT2D eigenvalue weighted by atomic mass is 10.1. The predicted molar refractivity (Wildman–Crippen MR) is 108 cm³/mol. The fourth-order valence-corrected chi connectivity index (χ4v) is 2.96. The van der Waals surface area contributed by atoms with Gasteiger partial charge < -0.3 is 4.74 Å². The summed E-state index contributed by atoms with van der Waals surface area (Å²) in [6.07, 6.45) is 3.15. The molecule has 3 aromatic rings. The first kappa shape index (κ1) is 20.4. The number of hydrazone groups is 1. The summed E-state index contributed by atoms with van der Waals surface area (Å²) < 4.78 is 20.2. The molecule has 0 radical (unpaired) electrons. The number of halogens is 2. The molecule has 0 spiro atoms. The van der Waals surface area contributed by atoms with Crippen molar-refractivity contribution in [3.05, 3.63) is 81.8 Å². The summed E-state index contributed by atoms with van der Waals surface area (Å²) >= 11 is 3.26. The van der Waals surface area contributed by atoms with Crippen molar-refractivity contribution in [3.63, 3.8) is 0 Å². The summed E-state index contributed by atoms with van der Waals surface area (Å²) in [6.45, 7) is 0. The van der Waals surface area contributed by atoms with E-state index in [1.807, 2.05) is 0 Å². The van der Waals surface area contributed by atoms with Crippen LogP contribution < -0.4 is 10.2 Å². The number of nitrogens with zero attached hydrogens (tertiary/aromatic N) is 3. The number of hydrogen-bond acceptors (Lipinski definition) is 5. The molecular weight excluding hydrogens is 443 g/mol. The van der Waals surface area contributed by atoms with Crippen molar-refractivity contribution in [1.29, 1.82) is 0 Å². The van der Waals surface area contributed by atoms with Gasteiger partial charge in [-0.25, -0.2) is 14.6 Å². The van der Waals surface area contributed by atoms with Crippen LogP contribution in [0.15, 0.2) is 64.3 Å². The molecule has 9 heteroatoms. The van der Waals surface area contributed by atoms with Crippen LogP contribution in [0.5, 0.6) is 5.75 Å². The van der Waals surface area contributed by atoms with Gasteiger partial charge in [0.1, 0.15) is 11.6 Å². The standard InChI is InChI=1S/C20H16BrFN4O3/c1-26-12-17(21)19(25-26)20(28)29-16-4-2-3-14(9-16)11-23-24-18(27)10-13-5-7-15(22)8-6-13/h2-9,11-12H,10H2,1H3,(H,24,27)/b23-11-. The quantitative estimate of drug-likeness (QED) is 0.266. The van der Waals surface area contributed by atoms with Gasteiger partial charge in [-0.1, -0.05) is 24.3 Å². The van der Waals surface area contributed by atoms with E-state index in [1.165, 1.54) is 35.2 Å². The number of benzene rings is 2. The normalized spacial score (nSPS) is 10.9. The number of esters is 1. The first-order valence-electron chi connectivity index (χ1n) is 8.48. The van der Waals surface area contributed by atoms with Crippen molar-refractivity contribution in [2.75, 3.05) is 0 Å². The lowest BCUT2D eigenvalue weighted by molar-refractivity contribution is -0.120. The monoisotopic (exact) mass is 458 g/mol. The zero-order valence-electron chi connectivity index (χ0n) is 15.3. The average molecular weight is 459 g/mol. The summed E-state index contributed by atoms with van der Waals surface area (Å²) in [5.41, 5.74) is 3.86. The van der Waals surface area contributed by atoms with Crippen LogP contribution in [-0.4, -0.2) is 27.9 Å². The van der Waals surface area contributed by atoms with E-state index in [0.717, 1.165) is 0 Å². The Kier molecular flexibility index (Phi) is 6.50. The summed E-state index contributed by atoms with van der Waals surface area (Å²) in [6, 6.07) is 12.3. The summed E-state index contributed by atoms with van der Waals surface area (Å²) in [7, 11) is 1.70. The number of amides is 1. The Hall–Kier alpha value is -3.33. The van der Waals surface area contributed by atoms with Gasteiger partial charge in [-0.05, 0) is 51.3 Å². The molecule has 0 saturated heterocycles. The minimum Gasteiger partial charge on any atom is -0.422 e. The van der Waals surface area contributed by atoms with Crippen LogP contribution in [0.2, 0.25) is 0 Å². The lowest BCUT2D eigenvalue weighted by Gasteiger charge is -2.04. The van der Waals surface area contributed by atoms with E-state index in [-0.39, 0.29) is 23.8 Å². The fourth-order valence-electron chi connectivity index (χ4n) is 2.42. The molecule has 1 heterocycles. The van der Waals surface area contributed by atoms with Crippen LogP contribution >= 0.6 is 15.9 Å². The second-order valence-electron chi connectivity index (χ2n) is 6.06. The second-order valence-corrected chi connectivity index (χ2v) is 6.91. The van der Waals surface area contributed by atoms with Crippen LogP contribution in [0, 0.1) is 5.82 Å². The molecule has 3 rings (SSSR count). The van der Waals surface area contributed by atoms with Crippen molar-refractivity contribution in [1.82, 2.24) is 15.2 Å². The SMILES string of the molecule is Cn1cc(Br)c(C(=O)Oc2cccc(/C=N\NC(=O)Cc3ccc(F)cc3)c2)n1. The molecule has 1 amide bonds. The molecule has 2 aromatic carbocycles. The maximum atomic E-state index is 12.9. The number of carbonyl (C=O) groups is 2. The topological polar surface area (TPSA) is 85.6 Å². The molecule has 0 fully saturated rings. The van der Waals surface area contributed by atoms with Crippen molar-refractivity contribution in [3.8, 4) is 5.75 Å². The van der Waals surface area contributed by atoms with Gasteiger partial charge in [-0.3, -0.25) is 9.48 Å². The molecule has 7 nitrogen and oxygen atoms in total. The zero-order valence-corrected chi connectivity index (χ0v) is 16.9. The Morgan fingerprint density at radius 1 is 1.28 bits per heavy atom. The smallest absolute Gasteiger partial charge is 0.365 e. The van der Waals surface area contributed by atoms with Crippen molar-refractivity contribution in [2.24, 2.45) is 12.1 Å². The highest BCUT2D eigenvalue weighted by Gasteiger charge is 2.16. The number of aryl methyl sites for hydroxylation is 1. The molecule has 1 N–H and O–H groups in total. The Morgan fingerprint density at radius 2 is 2.03 bits per heavy atom. The molecule has 1 aromatic heterocycles. The number of aromatic nitrogens is 2. The number of hydrogen-bond donors (Lipinski definition) is 1. The molecule has 0 atom stereocenters. The van der Waals surface area contributed by atoms with Gasteiger partial charge in [0, 0.05) is 13.2 Å². The largest absolute Gasteiger partial charge is 0.422 e. The van der Waals surface area contributed by atoms with Crippen molar-refractivity contribution < 1.29 is 18.7 Å². The minimum atomic E-state index is -0.598.